The predicted molar refractivity (Wildman–Crippen MR) is 93.6 cm³/mol. The highest BCUT2D eigenvalue weighted by Gasteiger charge is 2.24. The van der Waals surface area contributed by atoms with Gasteiger partial charge in [-0.25, -0.2) is 4.79 Å². The first-order valence-corrected chi connectivity index (χ1v) is 8.87. The molecule has 0 aliphatic carbocycles. The molecule has 1 aromatic rings. The molecule has 1 aromatic carbocycles. The first-order chi connectivity index (χ1) is 11.7. The maximum absolute atomic E-state index is 12.4. The number of nitrogens with zero attached hydrogens (tertiary/aromatic N) is 2. The van der Waals surface area contributed by atoms with Crippen molar-refractivity contribution in [3.63, 3.8) is 0 Å². The summed E-state index contributed by atoms with van der Waals surface area (Å²) in [6, 6.07) is 7.48. The molecule has 0 bridgehead atoms. The number of hydrogen-bond acceptors (Lipinski definition) is 4. The van der Waals surface area contributed by atoms with Crippen molar-refractivity contribution < 1.29 is 14.3 Å². The van der Waals surface area contributed by atoms with Crippen LogP contribution in [0.3, 0.4) is 0 Å². The molecule has 2 heterocycles. The van der Waals surface area contributed by atoms with Gasteiger partial charge in [0.25, 0.3) is 0 Å². The van der Waals surface area contributed by atoms with Crippen LogP contribution >= 0.6 is 0 Å². The highest BCUT2D eigenvalue weighted by molar-refractivity contribution is 5.89. The van der Waals surface area contributed by atoms with Gasteiger partial charge >= 0.3 is 6.03 Å². The highest BCUT2D eigenvalue weighted by atomic mass is 16.5. The molecule has 0 aromatic heterocycles. The molecule has 2 aliphatic rings. The normalized spacial score (nSPS) is 21.7. The molecule has 132 valence electrons. The predicted octanol–water partition coefficient (Wildman–Crippen LogP) is 2.41. The van der Waals surface area contributed by atoms with Crippen molar-refractivity contribution in [1.82, 2.24) is 9.80 Å². The van der Waals surface area contributed by atoms with Crippen LogP contribution in [-0.2, 0) is 4.74 Å². The van der Waals surface area contributed by atoms with E-state index in [2.05, 4.69) is 10.2 Å². The first-order valence-electron chi connectivity index (χ1n) is 8.87. The Hall–Kier alpha value is -1.79. The molecule has 1 atom stereocenters. The summed E-state index contributed by atoms with van der Waals surface area (Å²) in [6.07, 6.45) is 2.72. The van der Waals surface area contributed by atoms with E-state index in [9.17, 15) is 4.79 Å². The third kappa shape index (κ3) is 4.61. The van der Waals surface area contributed by atoms with Crippen LogP contribution in [0.5, 0.6) is 5.75 Å². The zero-order valence-corrected chi connectivity index (χ0v) is 14.4. The second kappa shape index (κ2) is 8.35. The lowest BCUT2D eigenvalue weighted by molar-refractivity contribution is 0.0572. The number of ether oxygens (including phenoxy) is 2. The number of piperazine rings is 1. The largest absolute Gasteiger partial charge is 0.494 e. The fourth-order valence-corrected chi connectivity index (χ4v) is 3.24. The molecule has 0 spiro atoms. The Morgan fingerprint density at radius 1 is 1.33 bits per heavy atom. The minimum absolute atomic E-state index is 0.0413. The summed E-state index contributed by atoms with van der Waals surface area (Å²) < 4.78 is 11.2. The average Bonchev–Trinajstić information content (AvgIpc) is 3.09. The third-order valence-corrected chi connectivity index (χ3v) is 4.54. The van der Waals surface area contributed by atoms with Gasteiger partial charge in [-0.2, -0.15) is 0 Å². The fraction of sp³-hybridized carbons (Fsp3) is 0.611. The number of hydrogen-bond donors (Lipinski definition) is 1. The number of amides is 2. The van der Waals surface area contributed by atoms with Crippen LogP contribution in [0.4, 0.5) is 10.5 Å². The molecule has 0 saturated carbocycles. The average molecular weight is 333 g/mol. The standard InChI is InChI=1S/C18H27N3O3/c1-2-23-16-6-3-5-15(13-16)19-18(22)21-10-8-20(9-11-21)14-17-7-4-12-24-17/h3,5-6,13,17H,2,4,7-12,14H2,1H3,(H,19,22)/t17-/m1/s1. The Morgan fingerprint density at radius 3 is 2.88 bits per heavy atom. The highest BCUT2D eigenvalue weighted by Crippen LogP contribution is 2.18. The van der Waals surface area contributed by atoms with Crippen molar-refractivity contribution in [2.75, 3.05) is 51.3 Å². The summed E-state index contributed by atoms with van der Waals surface area (Å²) in [5.74, 6) is 0.775. The summed E-state index contributed by atoms with van der Waals surface area (Å²) >= 11 is 0. The van der Waals surface area contributed by atoms with E-state index in [0.717, 1.165) is 57.2 Å². The van der Waals surface area contributed by atoms with Crippen LogP contribution in [0.2, 0.25) is 0 Å². The minimum atomic E-state index is -0.0413. The zero-order valence-electron chi connectivity index (χ0n) is 14.4. The van der Waals surface area contributed by atoms with Crippen LogP contribution in [0, 0.1) is 0 Å². The molecular formula is C18H27N3O3. The van der Waals surface area contributed by atoms with Crippen LogP contribution in [0.1, 0.15) is 19.8 Å². The summed E-state index contributed by atoms with van der Waals surface area (Å²) in [6.45, 7) is 7.77. The van der Waals surface area contributed by atoms with E-state index in [1.165, 1.54) is 6.42 Å². The number of carbonyl (C=O) groups excluding carboxylic acids is 1. The second-order valence-corrected chi connectivity index (χ2v) is 6.31. The number of anilines is 1. The van der Waals surface area contributed by atoms with E-state index >= 15 is 0 Å². The van der Waals surface area contributed by atoms with E-state index in [1.807, 2.05) is 36.1 Å². The Balaban J connectivity index is 1.45. The summed E-state index contributed by atoms with van der Waals surface area (Å²) in [4.78, 5) is 16.7. The molecule has 6 heteroatoms. The van der Waals surface area contributed by atoms with Gasteiger partial charge in [-0.05, 0) is 31.9 Å². The number of benzene rings is 1. The first kappa shape index (κ1) is 17.0. The molecule has 2 amide bonds. The van der Waals surface area contributed by atoms with E-state index < -0.39 is 0 Å². The number of rotatable bonds is 5. The lowest BCUT2D eigenvalue weighted by Gasteiger charge is -2.35. The number of urea groups is 1. The number of nitrogens with one attached hydrogen (secondary N) is 1. The Labute approximate surface area is 143 Å². The summed E-state index contributed by atoms with van der Waals surface area (Å²) in [7, 11) is 0. The maximum Gasteiger partial charge on any atom is 0.321 e. The Kier molecular flexibility index (Phi) is 5.93. The van der Waals surface area contributed by atoms with Gasteiger partial charge in [-0.1, -0.05) is 6.07 Å². The van der Waals surface area contributed by atoms with Gasteiger partial charge in [0.05, 0.1) is 12.7 Å². The van der Waals surface area contributed by atoms with Gasteiger partial charge in [0.2, 0.25) is 0 Å². The summed E-state index contributed by atoms with van der Waals surface area (Å²) in [5.41, 5.74) is 0.771. The molecule has 0 radical (unpaired) electrons. The van der Waals surface area contributed by atoms with E-state index in [1.54, 1.807) is 0 Å². The molecule has 24 heavy (non-hydrogen) atoms. The molecule has 6 nitrogen and oxygen atoms in total. The fourth-order valence-electron chi connectivity index (χ4n) is 3.24. The van der Waals surface area contributed by atoms with E-state index in [0.29, 0.717) is 12.7 Å². The van der Waals surface area contributed by atoms with Gasteiger partial charge in [0.1, 0.15) is 5.75 Å². The van der Waals surface area contributed by atoms with Gasteiger partial charge in [-0.3, -0.25) is 4.90 Å². The minimum Gasteiger partial charge on any atom is -0.494 e. The van der Waals surface area contributed by atoms with Crippen LogP contribution in [0.25, 0.3) is 0 Å². The molecule has 2 fully saturated rings. The smallest absolute Gasteiger partial charge is 0.321 e. The molecule has 3 rings (SSSR count). The van der Waals surface area contributed by atoms with Crippen LogP contribution < -0.4 is 10.1 Å². The van der Waals surface area contributed by atoms with Crippen molar-refractivity contribution in [2.45, 2.75) is 25.9 Å². The molecule has 2 aliphatic heterocycles. The quantitative estimate of drug-likeness (QED) is 0.899. The lowest BCUT2D eigenvalue weighted by Crippen LogP contribution is -2.51. The monoisotopic (exact) mass is 333 g/mol. The van der Waals surface area contributed by atoms with Gasteiger partial charge < -0.3 is 19.7 Å². The molecule has 2 saturated heterocycles. The van der Waals surface area contributed by atoms with Gasteiger partial charge in [0, 0.05) is 51.1 Å². The Bertz CT molecular complexity index is 538. The number of carbonyl (C=O) groups is 1. The molecule has 0 unspecified atom stereocenters. The van der Waals surface area contributed by atoms with Crippen LogP contribution in [-0.4, -0.2) is 67.9 Å². The second-order valence-electron chi connectivity index (χ2n) is 6.31. The topological polar surface area (TPSA) is 54.0 Å². The van der Waals surface area contributed by atoms with E-state index in [-0.39, 0.29) is 6.03 Å². The van der Waals surface area contributed by atoms with E-state index in [4.69, 9.17) is 9.47 Å². The van der Waals surface area contributed by atoms with Crippen LogP contribution in [0.15, 0.2) is 24.3 Å². The lowest BCUT2D eigenvalue weighted by atomic mass is 10.2. The van der Waals surface area contributed by atoms with Crippen molar-refractivity contribution in [2.24, 2.45) is 0 Å². The van der Waals surface area contributed by atoms with Crippen molar-refractivity contribution in [3.8, 4) is 5.75 Å². The maximum atomic E-state index is 12.4. The Morgan fingerprint density at radius 2 is 2.17 bits per heavy atom. The van der Waals surface area contributed by atoms with Crippen molar-refractivity contribution >= 4 is 11.7 Å². The van der Waals surface area contributed by atoms with Crippen molar-refractivity contribution in [1.29, 1.82) is 0 Å². The molecular weight excluding hydrogens is 306 g/mol. The molecule has 1 N–H and O–H groups in total. The summed E-state index contributed by atoms with van der Waals surface area (Å²) in [5, 5.41) is 2.96. The SMILES string of the molecule is CCOc1cccc(NC(=O)N2CCN(C[C@H]3CCCO3)CC2)c1. The van der Waals surface area contributed by atoms with Gasteiger partial charge in [0.15, 0.2) is 0 Å². The van der Waals surface area contributed by atoms with Gasteiger partial charge in [-0.15, -0.1) is 0 Å². The third-order valence-electron chi connectivity index (χ3n) is 4.54. The zero-order chi connectivity index (χ0) is 16.8. The van der Waals surface area contributed by atoms with Crippen molar-refractivity contribution in [3.05, 3.63) is 24.3 Å².